The first-order valence-corrected chi connectivity index (χ1v) is 9.90. The summed E-state index contributed by atoms with van der Waals surface area (Å²) >= 11 is 0. The standard InChI is InChI=1S/C27H20N2O2/c28-18-24(23-13-12-21-6-4-5-7-22(21)17-23)16-20-10-14-26(15-11-20)31-19-27(30)29-25-8-2-1-3-9-25/h1-17H,19H2,(H,29,30)/b24-16-. The first kappa shape index (κ1) is 19.9. The van der Waals surface area contributed by atoms with Gasteiger partial charge in [-0.2, -0.15) is 5.26 Å². The van der Waals surface area contributed by atoms with Crippen molar-refractivity contribution >= 4 is 34.0 Å². The molecule has 0 saturated heterocycles. The lowest BCUT2D eigenvalue weighted by Gasteiger charge is -2.08. The third-order valence-corrected chi connectivity index (χ3v) is 4.80. The third-order valence-electron chi connectivity index (χ3n) is 4.80. The van der Waals surface area contributed by atoms with Crippen LogP contribution in [0.25, 0.3) is 22.4 Å². The molecule has 4 nitrogen and oxygen atoms in total. The molecule has 0 aliphatic carbocycles. The number of allylic oxidation sites excluding steroid dienone is 1. The lowest BCUT2D eigenvalue weighted by molar-refractivity contribution is -0.118. The van der Waals surface area contributed by atoms with Crippen molar-refractivity contribution in [1.82, 2.24) is 0 Å². The highest BCUT2D eigenvalue weighted by atomic mass is 16.5. The van der Waals surface area contributed by atoms with E-state index in [4.69, 9.17) is 4.74 Å². The zero-order valence-corrected chi connectivity index (χ0v) is 16.8. The molecule has 4 aromatic rings. The number of hydrogen-bond acceptors (Lipinski definition) is 3. The first-order valence-electron chi connectivity index (χ1n) is 9.90. The molecule has 4 rings (SSSR count). The summed E-state index contributed by atoms with van der Waals surface area (Å²) < 4.78 is 5.56. The molecule has 0 aliphatic rings. The maximum absolute atomic E-state index is 12.0. The summed E-state index contributed by atoms with van der Waals surface area (Å²) in [5, 5.41) is 14.7. The van der Waals surface area contributed by atoms with E-state index in [0.29, 0.717) is 11.3 Å². The van der Waals surface area contributed by atoms with E-state index in [1.165, 1.54) is 0 Å². The van der Waals surface area contributed by atoms with E-state index in [1.54, 1.807) is 12.1 Å². The normalized spacial score (nSPS) is 11.0. The number of ether oxygens (including phenoxy) is 1. The first-order chi connectivity index (χ1) is 15.2. The number of hydrogen-bond donors (Lipinski definition) is 1. The van der Waals surface area contributed by atoms with Gasteiger partial charge in [0.15, 0.2) is 6.61 Å². The number of nitriles is 1. The molecular weight excluding hydrogens is 384 g/mol. The number of fused-ring (bicyclic) bond motifs is 1. The molecule has 4 aromatic carbocycles. The van der Waals surface area contributed by atoms with Crippen LogP contribution in [0.4, 0.5) is 5.69 Å². The molecule has 0 saturated carbocycles. The Balaban J connectivity index is 1.42. The van der Waals surface area contributed by atoms with E-state index in [9.17, 15) is 10.1 Å². The lowest BCUT2D eigenvalue weighted by atomic mass is 10.0. The molecule has 0 heterocycles. The minimum Gasteiger partial charge on any atom is -0.484 e. The minimum absolute atomic E-state index is 0.0788. The highest BCUT2D eigenvalue weighted by Gasteiger charge is 2.05. The van der Waals surface area contributed by atoms with Crippen molar-refractivity contribution in [2.24, 2.45) is 0 Å². The van der Waals surface area contributed by atoms with Gasteiger partial charge in [0.25, 0.3) is 5.91 Å². The highest BCUT2D eigenvalue weighted by Crippen LogP contribution is 2.23. The lowest BCUT2D eigenvalue weighted by Crippen LogP contribution is -2.20. The Labute approximate surface area is 181 Å². The average molecular weight is 404 g/mol. The summed E-state index contributed by atoms with van der Waals surface area (Å²) in [5.74, 6) is 0.364. The van der Waals surface area contributed by atoms with E-state index in [2.05, 4.69) is 11.4 Å². The molecular formula is C27H20N2O2. The number of nitrogens with zero attached hydrogens (tertiary/aromatic N) is 1. The zero-order chi connectivity index (χ0) is 21.5. The van der Waals surface area contributed by atoms with Gasteiger partial charge < -0.3 is 10.1 Å². The van der Waals surface area contributed by atoms with Gasteiger partial charge in [-0.25, -0.2) is 0 Å². The van der Waals surface area contributed by atoms with Gasteiger partial charge in [0.2, 0.25) is 0 Å². The van der Waals surface area contributed by atoms with E-state index in [-0.39, 0.29) is 12.5 Å². The summed E-state index contributed by atoms with van der Waals surface area (Å²) in [6.07, 6.45) is 1.84. The molecule has 0 bridgehead atoms. The molecule has 0 unspecified atom stereocenters. The van der Waals surface area contributed by atoms with Crippen LogP contribution in [0.1, 0.15) is 11.1 Å². The second-order valence-electron chi connectivity index (χ2n) is 7.00. The molecule has 0 atom stereocenters. The molecule has 1 N–H and O–H groups in total. The van der Waals surface area contributed by atoms with Crippen molar-refractivity contribution in [3.05, 3.63) is 108 Å². The Bertz CT molecular complexity index is 1270. The largest absolute Gasteiger partial charge is 0.484 e. The Morgan fingerprint density at radius 1 is 0.871 bits per heavy atom. The molecule has 0 spiro atoms. The number of benzene rings is 4. The van der Waals surface area contributed by atoms with Crippen molar-refractivity contribution in [2.45, 2.75) is 0 Å². The molecule has 0 aliphatic heterocycles. The topological polar surface area (TPSA) is 62.1 Å². The van der Waals surface area contributed by atoms with E-state index in [0.717, 1.165) is 27.6 Å². The predicted octanol–water partition coefficient (Wildman–Crippen LogP) is 5.92. The van der Waals surface area contributed by atoms with Gasteiger partial charge in [-0.15, -0.1) is 0 Å². The van der Waals surface area contributed by atoms with Crippen LogP contribution in [0.15, 0.2) is 97.1 Å². The van der Waals surface area contributed by atoms with Gasteiger partial charge in [0.05, 0.1) is 11.6 Å². The fraction of sp³-hybridized carbons (Fsp3) is 0.0370. The van der Waals surface area contributed by atoms with Crippen LogP contribution in [0.5, 0.6) is 5.75 Å². The van der Waals surface area contributed by atoms with Crippen LogP contribution in [0, 0.1) is 11.3 Å². The Kier molecular flexibility index (Phi) is 6.06. The van der Waals surface area contributed by atoms with Crippen molar-refractivity contribution in [2.75, 3.05) is 11.9 Å². The number of nitrogens with one attached hydrogen (secondary N) is 1. The zero-order valence-electron chi connectivity index (χ0n) is 16.8. The van der Waals surface area contributed by atoms with E-state index in [1.807, 2.05) is 91.0 Å². The highest BCUT2D eigenvalue weighted by molar-refractivity contribution is 5.94. The van der Waals surface area contributed by atoms with Gasteiger partial charge in [0, 0.05) is 5.69 Å². The maximum Gasteiger partial charge on any atom is 0.262 e. The van der Waals surface area contributed by atoms with Gasteiger partial charge in [-0.1, -0.05) is 66.7 Å². The monoisotopic (exact) mass is 404 g/mol. The van der Waals surface area contributed by atoms with Crippen LogP contribution in [0.3, 0.4) is 0 Å². The summed E-state index contributed by atoms with van der Waals surface area (Å²) in [7, 11) is 0. The fourth-order valence-electron chi connectivity index (χ4n) is 3.23. The second-order valence-corrected chi connectivity index (χ2v) is 7.00. The molecule has 1 amide bonds. The summed E-state index contributed by atoms with van der Waals surface area (Å²) in [5.41, 5.74) is 3.07. The molecule has 4 heteroatoms. The van der Waals surface area contributed by atoms with Crippen molar-refractivity contribution in [3.8, 4) is 11.8 Å². The smallest absolute Gasteiger partial charge is 0.262 e. The molecule has 150 valence electrons. The van der Waals surface area contributed by atoms with Crippen molar-refractivity contribution in [3.63, 3.8) is 0 Å². The number of rotatable bonds is 6. The van der Waals surface area contributed by atoms with Crippen LogP contribution in [0.2, 0.25) is 0 Å². The molecule has 0 aromatic heterocycles. The van der Waals surface area contributed by atoms with Crippen LogP contribution < -0.4 is 10.1 Å². The molecule has 0 fully saturated rings. The van der Waals surface area contributed by atoms with Crippen LogP contribution in [-0.4, -0.2) is 12.5 Å². The Morgan fingerprint density at radius 3 is 2.32 bits per heavy atom. The number of carbonyl (C=O) groups is 1. The van der Waals surface area contributed by atoms with Crippen molar-refractivity contribution in [1.29, 1.82) is 5.26 Å². The summed E-state index contributed by atoms with van der Waals surface area (Å²) in [6.45, 7) is -0.0788. The van der Waals surface area contributed by atoms with E-state index < -0.39 is 0 Å². The number of para-hydroxylation sites is 1. The van der Waals surface area contributed by atoms with Crippen molar-refractivity contribution < 1.29 is 9.53 Å². The quantitative estimate of drug-likeness (QED) is 0.320. The summed E-state index contributed by atoms with van der Waals surface area (Å²) in [6, 6.07) is 32.9. The second kappa shape index (κ2) is 9.43. The Morgan fingerprint density at radius 2 is 1.58 bits per heavy atom. The number of amides is 1. The maximum atomic E-state index is 12.0. The number of carbonyl (C=O) groups excluding carboxylic acids is 1. The Hall–Kier alpha value is -4.36. The predicted molar refractivity (Wildman–Crippen MR) is 124 cm³/mol. The molecule has 31 heavy (non-hydrogen) atoms. The van der Waals surface area contributed by atoms with Gasteiger partial charge in [-0.3, -0.25) is 4.79 Å². The van der Waals surface area contributed by atoms with Crippen LogP contribution in [-0.2, 0) is 4.79 Å². The SMILES string of the molecule is N#C/C(=C/c1ccc(OCC(=O)Nc2ccccc2)cc1)c1ccc2ccccc2c1. The van der Waals surface area contributed by atoms with Gasteiger partial charge >= 0.3 is 0 Å². The van der Waals surface area contributed by atoms with E-state index >= 15 is 0 Å². The minimum atomic E-state index is -0.224. The van der Waals surface area contributed by atoms with Crippen LogP contribution >= 0.6 is 0 Å². The average Bonchev–Trinajstić information content (AvgIpc) is 2.82. The number of anilines is 1. The fourth-order valence-corrected chi connectivity index (χ4v) is 3.23. The molecule has 0 radical (unpaired) electrons. The van der Waals surface area contributed by atoms with Gasteiger partial charge in [0.1, 0.15) is 5.75 Å². The third kappa shape index (κ3) is 5.17. The van der Waals surface area contributed by atoms with Gasteiger partial charge in [-0.05, 0) is 58.3 Å². The summed E-state index contributed by atoms with van der Waals surface area (Å²) in [4.78, 5) is 12.0.